The maximum absolute atomic E-state index is 10.5. The molecule has 3 nitrogen and oxygen atoms in total. The van der Waals surface area contributed by atoms with Gasteiger partial charge in [-0.3, -0.25) is 4.98 Å². The molecule has 1 aromatic heterocycles. The number of aromatic nitrogens is 1. The SMILES string of the molecule is OC(c1cccnc1)C1CCOC2(CCSC2)C1. The van der Waals surface area contributed by atoms with E-state index in [9.17, 15) is 5.11 Å². The monoisotopic (exact) mass is 265 g/mol. The number of pyridine rings is 1. The molecule has 3 heterocycles. The van der Waals surface area contributed by atoms with Gasteiger partial charge in [0.2, 0.25) is 0 Å². The van der Waals surface area contributed by atoms with Crippen molar-refractivity contribution in [1.82, 2.24) is 4.98 Å². The van der Waals surface area contributed by atoms with E-state index < -0.39 is 6.10 Å². The third-order valence-corrected chi connectivity index (χ3v) is 5.29. The van der Waals surface area contributed by atoms with Gasteiger partial charge in [0.15, 0.2) is 0 Å². The molecule has 4 heteroatoms. The van der Waals surface area contributed by atoms with E-state index in [0.29, 0.717) is 5.92 Å². The molecule has 0 amide bonds. The lowest BCUT2D eigenvalue weighted by Crippen LogP contribution is -2.41. The average Bonchev–Trinajstić information content (AvgIpc) is 2.87. The Labute approximate surface area is 112 Å². The standard InChI is InChI=1S/C14H19NO2S/c16-13(12-2-1-5-15-9-12)11-3-6-17-14(8-11)4-7-18-10-14/h1-2,5,9,11,13,16H,3-4,6-8,10H2. The highest BCUT2D eigenvalue weighted by Crippen LogP contribution is 2.43. The first-order valence-electron chi connectivity index (χ1n) is 6.59. The number of aliphatic hydroxyl groups is 1. The molecule has 0 aliphatic carbocycles. The van der Waals surface area contributed by atoms with Crippen molar-refractivity contribution < 1.29 is 9.84 Å². The molecule has 2 fully saturated rings. The van der Waals surface area contributed by atoms with Crippen molar-refractivity contribution in [2.24, 2.45) is 5.92 Å². The summed E-state index contributed by atoms with van der Waals surface area (Å²) >= 11 is 1.97. The third-order valence-electron chi connectivity index (χ3n) is 4.07. The molecule has 18 heavy (non-hydrogen) atoms. The zero-order valence-corrected chi connectivity index (χ0v) is 11.2. The van der Waals surface area contributed by atoms with E-state index in [2.05, 4.69) is 4.98 Å². The molecule has 2 saturated heterocycles. The zero-order chi connectivity index (χ0) is 12.4. The highest BCUT2D eigenvalue weighted by Gasteiger charge is 2.42. The van der Waals surface area contributed by atoms with E-state index in [4.69, 9.17) is 4.74 Å². The first-order chi connectivity index (χ1) is 8.79. The van der Waals surface area contributed by atoms with Gasteiger partial charge in [-0.05, 0) is 42.6 Å². The van der Waals surface area contributed by atoms with Crippen LogP contribution in [0.1, 0.15) is 30.9 Å². The molecule has 1 N–H and O–H groups in total. The molecule has 0 bridgehead atoms. The third kappa shape index (κ3) is 2.42. The van der Waals surface area contributed by atoms with Gasteiger partial charge < -0.3 is 9.84 Å². The van der Waals surface area contributed by atoms with Crippen molar-refractivity contribution in [1.29, 1.82) is 0 Å². The van der Waals surface area contributed by atoms with Crippen LogP contribution in [-0.2, 0) is 4.74 Å². The van der Waals surface area contributed by atoms with Crippen molar-refractivity contribution in [2.75, 3.05) is 18.1 Å². The maximum Gasteiger partial charge on any atom is 0.0834 e. The molecular weight excluding hydrogens is 246 g/mol. The number of rotatable bonds is 2. The van der Waals surface area contributed by atoms with Crippen molar-refractivity contribution in [3.05, 3.63) is 30.1 Å². The summed E-state index contributed by atoms with van der Waals surface area (Å²) in [6.45, 7) is 0.780. The summed E-state index contributed by atoms with van der Waals surface area (Å²) in [4.78, 5) is 4.09. The minimum atomic E-state index is -0.398. The smallest absolute Gasteiger partial charge is 0.0834 e. The van der Waals surface area contributed by atoms with Gasteiger partial charge in [-0.15, -0.1) is 0 Å². The normalized spacial score (nSPS) is 33.7. The molecule has 1 spiro atoms. The Hall–Kier alpha value is -0.580. The molecule has 0 saturated carbocycles. The fraction of sp³-hybridized carbons (Fsp3) is 0.643. The highest BCUT2D eigenvalue weighted by atomic mass is 32.2. The van der Waals surface area contributed by atoms with Gasteiger partial charge in [0.25, 0.3) is 0 Å². The largest absolute Gasteiger partial charge is 0.388 e. The van der Waals surface area contributed by atoms with Crippen molar-refractivity contribution in [3.63, 3.8) is 0 Å². The first kappa shape index (κ1) is 12.5. The van der Waals surface area contributed by atoms with Gasteiger partial charge in [-0.2, -0.15) is 11.8 Å². The summed E-state index contributed by atoms with van der Waals surface area (Å²) in [6.07, 6.45) is 6.18. The second-order valence-corrected chi connectivity index (χ2v) is 6.42. The second-order valence-electron chi connectivity index (χ2n) is 5.32. The van der Waals surface area contributed by atoms with E-state index in [1.54, 1.807) is 12.4 Å². The highest BCUT2D eigenvalue weighted by molar-refractivity contribution is 7.99. The van der Waals surface area contributed by atoms with Gasteiger partial charge in [-0.1, -0.05) is 6.07 Å². The van der Waals surface area contributed by atoms with E-state index in [0.717, 1.165) is 37.2 Å². The minimum Gasteiger partial charge on any atom is -0.388 e. The Morgan fingerprint density at radius 1 is 1.56 bits per heavy atom. The van der Waals surface area contributed by atoms with Crippen LogP contribution in [0, 0.1) is 5.92 Å². The van der Waals surface area contributed by atoms with Crippen LogP contribution in [0.25, 0.3) is 0 Å². The summed E-state index contributed by atoms with van der Waals surface area (Å²) in [7, 11) is 0. The average molecular weight is 265 g/mol. The van der Waals surface area contributed by atoms with Crippen molar-refractivity contribution >= 4 is 11.8 Å². The van der Waals surface area contributed by atoms with Crippen LogP contribution in [0.3, 0.4) is 0 Å². The summed E-state index contributed by atoms with van der Waals surface area (Å²) in [5.74, 6) is 2.58. The van der Waals surface area contributed by atoms with Gasteiger partial charge in [0, 0.05) is 24.8 Å². The Morgan fingerprint density at radius 2 is 2.50 bits per heavy atom. The predicted molar refractivity (Wildman–Crippen MR) is 72.5 cm³/mol. The summed E-state index contributed by atoms with van der Waals surface area (Å²) < 4.78 is 6.00. The molecule has 3 unspecified atom stereocenters. The number of hydrogen-bond donors (Lipinski definition) is 1. The van der Waals surface area contributed by atoms with E-state index in [1.165, 1.54) is 5.75 Å². The van der Waals surface area contributed by atoms with E-state index >= 15 is 0 Å². The second kappa shape index (κ2) is 5.19. The summed E-state index contributed by atoms with van der Waals surface area (Å²) in [5.41, 5.74) is 0.974. The lowest BCUT2D eigenvalue weighted by atomic mass is 9.80. The van der Waals surface area contributed by atoms with Crippen LogP contribution >= 0.6 is 11.8 Å². The lowest BCUT2D eigenvalue weighted by molar-refractivity contribution is -0.102. The van der Waals surface area contributed by atoms with Gasteiger partial charge in [0.1, 0.15) is 0 Å². The van der Waals surface area contributed by atoms with Crippen molar-refractivity contribution in [2.45, 2.75) is 31.0 Å². The molecular formula is C14H19NO2S. The molecule has 2 aliphatic rings. The number of ether oxygens (including phenoxy) is 1. The topological polar surface area (TPSA) is 42.4 Å². The van der Waals surface area contributed by atoms with E-state index in [1.807, 2.05) is 23.9 Å². The van der Waals surface area contributed by atoms with E-state index in [-0.39, 0.29) is 5.60 Å². The van der Waals surface area contributed by atoms with Crippen LogP contribution in [-0.4, -0.2) is 33.8 Å². The van der Waals surface area contributed by atoms with Crippen LogP contribution in [0.15, 0.2) is 24.5 Å². The number of thioether (sulfide) groups is 1. The minimum absolute atomic E-state index is 0.0385. The fourth-order valence-corrected chi connectivity index (χ4v) is 4.40. The number of nitrogens with zero attached hydrogens (tertiary/aromatic N) is 1. The van der Waals surface area contributed by atoms with Crippen molar-refractivity contribution in [3.8, 4) is 0 Å². The number of hydrogen-bond acceptors (Lipinski definition) is 4. The molecule has 0 radical (unpaired) electrons. The van der Waals surface area contributed by atoms with Crippen LogP contribution in [0.2, 0.25) is 0 Å². The number of aliphatic hydroxyl groups excluding tert-OH is 1. The fourth-order valence-electron chi connectivity index (χ4n) is 3.02. The van der Waals surface area contributed by atoms with Crippen LogP contribution in [0.4, 0.5) is 0 Å². The molecule has 98 valence electrons. The van der Waals surface area contributed by atoms with Crippen LogP contribution < -0.4 is 0 Å². The first-order valence-corrected chi connectivity index (χ1v) is 7.74. The summed E-state index contributed by atoms with van der Waals surface area (Å²) in [5, 5.41) is 10.5. The molecule has 3 atom stereocenters. The van der Waals surface area contributed by atoms with Gasteiger partial charge in [0.05, 0.1) is 11.7 Å². The Balaban J connectivity index is 1.72. The lowest BCUT2D eigenvalue weighted by Gasteiger charge is -2.39. The van der Waals surface area contributed by atoms with Gasteiger partial charge in [-0.25, -0.2) is 0 Å². The quantitative estimate of drug-likeness (QED) is 0.891. The molecule has 0 aromatic carbocycles. The summed E-state index contributed by atoms with van der Waals surface area (Å²) in [6, 6.07) is 3.85. The Bertz CT molecular complexity index is 392. The Morgan fingerprint density at radius 3 is 3.22 bits per heavy atom. The Kier molecular flexibility index (Phi) is 3.59. The van der Waals surface area contributed by atoms with Crippen LogP contribution in [0.5, 0.6) is 0 Å². The molecule has 3 rings (SSSR count). The molecule has 2 aliphatic heterocycles. The van der Waals surface area contributed by atoms with Gasteiger partial charge >= 0.3 is 0 Å². The molecule has 1 aromatic rings. The predicted octanol–water partition coefficient (Wildman–Crippen LogP) is 2.42. The zero-order valence-electron chi connectivity index (χ0n) is 10.4. The maximum atomic E-state index is 10.5.